The average molecular weight is 323 g/mol. The zero-order valence-corrected chi connectivity index (χ0v) is 13.4. The summed E-state index contributed by atoms with van der Waals surface area (Å²) in [5, 5.41) is 13.0. The van der Waals surface area contributed by atoms with Gasteiger partial charge < -0.3 is 14.5 Å². The van der Waals surface area contributed by atoms with Crippen molar-refractivity contribution >= 4 is 11.5 Å². The Hall–Kier alpha value is -3.15. The molecule has 1 aromatic heterocycles. The van der Waals surface area contributed by atoms with E-state index in [0.717, 1.165) is 17.7 Å². The standard InChI is InChI=1S/C18H17N3O3/c1-21(2)15-8-4-5-12(9-10-15)17-19-16(20-24-17)13-6-3-7-14(11-13)18(22)23/h3,5-11H,4H2,1-2H3,(H,22,23). The molecule has 24 heavy (non-hydrogen) atoms. The first-order chi connectivity index (χ1) is 11.5. The van der Waals surface area contributed by atoms with Gasteiger partial charge in [0.2, 0.25) is 5.82 Å². The van der Waals surface area contributed by atoms with Gasteiger partial charge in [0.1, 0.15) is 0 Å². The Bertz CT molecular complexity index is 860. The van der Waals surface area contributed by atoms with Crippen LogP contribution < -0.4 is 0 Å². The van der Waals surface area contributed by atoms with E-state index in [1.807, 2.05) is 37.2 Å². The number of carbonyl (C=O) groups is 1. The highest BCUT2D eigenvalue weighted by Crippen LogP contribution is 2.23. The van der Waals surface area contributed by atoms with Crippen molar-refractivity contribution in [3.05, 3.63) is 65.7 Å². The molecular formula is C18H17N3O3. The summed E-state index contributed by atoms with van der Waals surface area (Å²) in [6.45, 7) is 0. The molecule has 0 unspecified atom stereocenters. The van der Waals surface area contributed by atoms with E-state index in [4.69, 9.17) is 9.63 Å². The molecular weight excluding hydrogens is 306 g/mol. The Morgan fingerprint density at radius 1 is 1.25 bits per heavy atom. The molecule has 0 saturated carbocycles. The lowest BCUT2D eigenvalue weighted by Crippen LogP contribution is -2.08. The fourth-order valence-electron chi connectivity index (χ4n) is 2.36. The van der Waals surface area contributed by atoms with Gasteiger partial charge in [0.15, 0.2) is 0 Å². The third kappa shape index (κ3) is 3.27. The van der Waals surface area contributed by atoms with Gasteiger partial charge in [-0.25, -0.2) is 4.79 Å². The molecule has 3 rings (SSSR count). The molecule has 0 aliphatic heterocycles. The van der Waals surface area contributed by atoms with Crippen molar-refractivity contribution < 1.29 is 14.4 Å². The predicted octanol–water partition coefficient (Wildman–Crippen LogP) is 3.22. The molecule has 1 aliphatic rings. The SMILES string of the molecule is CN(C)C1=CCC=C(c2nc(-c3cccc(C(=O)O)c3)no2)C=C1. The van der Waals surface area contributed by atoms with E-state index < -0.39 is 5.97 Å². The summed E-state index contributed by atoms with van der Waals surface area (Å²) in [5.41, 5.74) is 2.74. The van der Waals surface area contributed by atoms with Crippen LogP contribution in [0, 0.1) is 0 Å². The largest absolute Gasteiger partial charge is 0.478 e. The smallest absolute Gasteiger partial charge is 0.335 e. The summed E-state index contributed by atoms with van der Waals surface area (Å²) >= 11 is 0. The van der Waals surface area contributed by atoms with Crippen LogP contribution >= 0.6 is 0 Å². The molecule has 2 aromatic rings. The topological polar surface area (TPSA) is 79.5 Å². The normalized spacial score (nSPS) is 13.9. The van der Waals surface area contributed by atoms with E-state index in [1.165, 1.54) is 12.1 Å². The molecule has 6 nitrogen and oxygen atoms in total. The lowest BCUT2D eigenvalue weighted by atomic mass is 10.1. The number of likely N-dealkylation sites (N-methyl/N-ethyl adjacent to an activating group) is 1. The molecule has 0 bridgehead atoms. The number of hydrogen-bond acceptors (Lipinski definition) is 5. The van der Waals surface area contributed by atoms with E-state index >= 15 is 0 Å². The lowest BCUT2D eigenvalue weighted by Gasteiger charge is -2.12. The zero-order chi connectivity index (χ0) is 17.1. The average Bonchev–Trinajstić information content (AvgIpc) is 2.92. The molecule has 6 heteroatoms. The summed E-state index contributed by atoms with van der Waals surface area (Å²) in [4.78, 5) is 17.5. The Morgan fingerprint density at radius 2 is 2.08 bits per heavy atom. The van der Waals surface area contributed by atoms with E-state index in [2.05, 4.69) is 16.2 Å². The maximum absolute atomic E-state index is 11.1. The third-order valence-corrected chi connectivity index (χ3v) is 3.66. The van der Waals surface area contributed by atoms with Gasteiger partial charge in [0.05, 0.1) is 5.56 Å². The van der Waals surface area contributed by atoms with Gasteiger partial charge >= 0.3 is 5.97 Å². The number of aromatic nitrogens is 2. The summed E-state index contributed by atoms with van der Waals surface area (Å²) in [5.74, 6) is -0.208. The van der Waals surface area contributed by atoms with Gasteiger partial charge in [-0.2, -0.15) is 4.98 Å². The number of rotatable bonds is 4. The molecule has 122 valence electrons. The Morgan fingerprint density at radius 3 is 2.83 bits per heavy atom. The second kappa shape index (κ2) is 6.54. The quantitative estimate of drug-likeness (QED) is 0.930. The van der Waals surface area contributed by atoms with Gasteiger partial charge in [-0.1, -0.05) is 29.4 Å². The fourth-order valence-corrected chi connectivity index (χ4v) is 2.36. The first kappa shape index (κ1) is 15.7. The molecule has 0 saturated heterocycles. The molecule has 1 N–H and O–H groups in total. The van der Waals surface area contributed by atoms with Crippen molar-refractivity contribution in [1.29, 1.82) is 0 Å². The van der Waals surface area contributed by atoms with Crippen molar-refractivity contribution in [2.75, 3.05) is 14.1 Å². The van der Waals surface area contributed by atoms with Gasteiger partial charge in [0.25, 0.3) is 5.89 Å². The number of hydrogen-bond donors (Lipinski definition) is 1. The highest BCUT2D eigenvalue weighted by atomic mass is 16.5. The molecule has 1 heterocycles. The predicted molar refractivity (Wildman–Crippen MR) is 90.2 cm³/mol. The van der Waals surface area contributed by atoms with Gasteiger partial charge in [-0.3, -0.25) is 0 Å². The van der Waals surface area contributed by atoms with E-state index in [1.54, 1.807) is 12.1 Å². The van der Waals surface area contributed by atoms with E-state index in [9.17, 15) is 4.79 Å². The highest BCUT2D eigenvalue weighted by Gasteiger charge is 2.14. The van der Waals surface area contributed by atoms with Crippen LogP contribution in [-0.2, 0) is 0 Å². The second-order valence-corrected chi connectivity index (χ2v) is 5.56. The number of nitrogens with zero attached hydrogens (tertiary/aromatic N) is 3. The third-order valence-electron chi connectivity index (χ3n) is 3.66. The Balaban J connectivity index is 1.87. The van der Waals surface area contributed by atoms with Crippen LogP contribution in [0.4, 0.5) is 0 Å². The van der Waals surface area contributed by atoms with Crippen molar-refractivity contribution in [1.82, 2.24) is 15.0 Å². The Kier molecular flexibility index (Phi) is 4.29. The zero-order valence-electron chi connectivity index (χ0n) is 13.4. The van der Waals surface area contributed by atoms with Crippen molar-refractivity contribution in [2.45, 2.75) is 6.42 Å². The van der Waals surface area contributed by atoms with Crippen molar-refractivity contribution in [2.24, 2.45) is 0 Å². The molecule has 0 atom stereocenters. The number of aromatic carboxylic acids is 1. The highest BCUT2D eigenvalue weighted by molar-refractivity contribution is 5.89. The number of benzene rings is 1. The van der Waals surface area contributed by atoms with Crippen LogP contribution in [0.5, 0.6) is 0 Å². The Labute approximate surface area is 139 Å². The van der Waals surface area contributed by atoms with Crippen molar-refractivity contribution in [3.8, 4) is 11.4 Å². The maximum Gasteiger partial charge on any atom is 0.335 e. The number of carboxylic acids is 1. The molecule has 0 spiro atoms. The van der Waals surface area contributed by atoms with Crippen molar-refractivity contribution in [3.63, 3.8) is 0 Å². The number of allylic oxidation sites excluding steroid dienone is 5. The van der Waals surface area contributed by atoms with Gasteiger partial charge in [0, 0.05) is 30.9 Å². The summed E-state index contributed by atoms with van der Waals surface area (Å²) in [6, 6.07) is 6.47. The van der Waals surface area contributed by atoms with Crippen LogP contribution in [0.3, 0.4) is 0 Å². The first-order valence-corrected chi connectivity index (χ1v) is 7.48. The van der Waals surface area contributed by atoms with E-state index in [0.29, 0.717) is 17.3 Å². The number of carboxylic acid groups (broad SMARTS) is 1. The molecule has 0 amide bonds. The maximum atomic E-state index is 11.1. The summed E-state index contributed by atoms with van der Waals surface area (Å²) in [6.07, 6.45) is 8.81. The summed E-state index contributed by atoms with van der Waals surface area (Å²) < 4.78 is 5.35. The van der Waals surface area contributed by atoms with Crippen LogP contribution in [-0.4, -0.2) is 40.2 Å². The molecule has 1 aromatic carbocycles. The van der Waals surface area contributed by atoms with Crippen LogP contribution in [0.1, 0.15) is 22.7 Å². The van der Waals surface area contributed by atoms with E-state index in [-0.39, 0.29) is 5.56 Å². The monoisotopic (exact) mass is 323 g/mol. The molecule has 1 aliphatic carbocycles. The van der Waals surface area contributed by atoms with Crippen LogP contribution in [0.2, 0.25) is 0 Å². The van der Waals surface area contributed by atoms with Gasteiger partial charge in [-0.05, 0) is 30.7 Å². The fraction of sp³-hybridized carbons (Fsp3) is 0.167. The molecule has 0 fully saturated rings. The lowest BCUT2D eigenvalue weighted by molar-refractivity contribution is 0.0697. The minimum atomic E-state index is -0.989. The molecule has 0 radical (unpaired) electrons. The first-order valence-electron chi connectivity index (χ1n) is 7.48. The van der Waals surface area contributed by atoms with Gasteiger partial charge in [-0.15, -0.1) is 0 Å². The van der Waals surface area contributed by atoms with Crippen LogP contribution in [0.15, 0.2) is 58.8 Å². The summed E-state index contributed by atoms with van der Waals surface area (Å²) in [7, 11) is 3.98. The van der Waals surface area contributed by atoms with Crippen LogP contribution in [0.25, 0.3) is 17.0 Å². The minimum absolute atomic E-state index is 0.187. The second-order valence-electron chi connectivity index (χ2n) is 5.56. The minimum Gasteiger partial charge on any atom is -0.478 e.